The van der Waals surface area contributed by atoms with E-state index in [0.29, 0.717) is 18.3 Å². The van der Waals surface area contributed by atoms with Crippen LogP contribution in [0.5, 0.6) is 0 Å². The van der Waals surface area contributed by atoms with Crippen LogP contribution in [0.1, 0.15) is 44.1 Å². The molecule has 1 aromatic heterocycles. The van der Waals surface area contributed by atoms with E-state index in [0.717, 1.165) is 11.5 Å². The summed E-state index contributed by atoms with van der Waals surface area (Å²) in [6, 6.07) is 3.02. The average molecular weight is 265 g/mol. The lowest BCUT2D eigenvalue weighted by atomic mass is 10.2. The summed E-state index contributed by atoms with van der Waals surface area (Å²) in [5, 5.41) is 11.1. The van der Waals surface area contributed by atoms with Crippen LogP contribution in [0.4, 0.5) is 0 Å². The number of carbonyl (C=O) groups is 2. The summed E-state index contributed by atoms with van der Waals surface area (Å²) in [5.74, 6) is 1.71. The Hall–Kier alpha value is -1.78. The topological polar surface area (TPSA) is 79.5 Å². The van der Waals surface area contributed by atoms with Crippen molar-refractivity contribution >= 4 is 11.9 Å². The van der Waals surface area contributed by atoms with Crippen LogP contribution in [0.25, 0.3) is 0 Å². The molecule has 0 saturated heterocycles. The zero-order valence-corrected chi connectivity index (χ0v) is 11.2. The molecule has 1 amide bonds. The molecule has 5 nitrogen and oxygen atoms in total. The number of rotatable bonds is 6. The molecule has 3 atom stereocenters. The highest BCUT2D eigenvalue weighted by Gasteiger charge is 2.36. The van der Waals surface area contributed by atoms with Crippen molar-refractivity contribution in [3.05, 3.63) is 23.7 Å². The van der Waals surface area contributed by atoms with Crippen LogP contribution >= 0.6 is 0 Å². The molecule has 0 bridgehead atoms. The van der Waals surface area contributed by atoms with Crippen LogP contribution in [0.2, 0.25) is 0 Å². The Kier molecular flexibility index (Phi) is 3.93. The summed E-state index contributed by atoms with van der Waals surface area (Å²) in [5.41, 5.74) is 0. The minimum atomic E-state index is -1.03. The van der Waals surface area contributed by atoms with Crippen molar-refractivity contribution in [1.82, 2.24) is 5.32 Å². The second kappa shape index (κ2) is 5.47. The van der Waals surface area contributed by atoms with Crippen LogP contribution in [-0.2, 0) is 16.0 Å². The molecule has 0 aliphatic heterocycles. The Bertz CT molecular complexity index is 480. The molecule has 19 heavy (non-hydrogen) atoms. The lowest BCUT2D eigenvalue weighted by Gasteiger charge is -2.08. The first-order chi connectivity index (χ1) is 8.97. The highest BCUT2D eigenvalue weighted by Crippen LogP contribution is 2.47. The van der Waals surface area contributed by atoms with Crippen molar-refractivity contribution in [1.29, 1.82) is 0 Å². The molecule has 5 heteroatoms. The third kappa shape index (κ3) is 3.59. The Morgan fingerprint density at radius 1 is 1.53 bits per heavy atom. The van der Waals surface area contributed by atoms with Crippen LogP contribution in [0, 0.1) is 5.92 Å². The summed E-state index contributed by atoms with van der Waals surface area (Å²) < 4.78 is 5.68. The molecule has 1 aromatic rings. The van der Waals surface area contributed by atoms with E-state index < -0.39 is 12.0 Å². The van der Waals surface area contributed by atoms with Gasteiger partial charge in [0.2, 0.25) is 5.91 Å². The van der Waals surface area contributed by atoms with E-state index in [1.54, 1.807) is 0 Å². The number of hydrogen-bond donors (Lipinski definition) is 2. The number of carbonyl (C=O) groups excluding carboxylic acids is 1. The first-order valence-corrected chi connectivity index (χ1v) is 6.58. The summed E-state index contributed by atoms with van der Waals surface area (Å²) in [6.45, 7) is 3.63. The van der Waals surface area contributed by atoms with E-state index in [2.05, 4.69) is 12.2 Å². The van der Waals surface area contributed by atoms with Crippen molar-refractivity contribution in [3.63, 3.8) is 0 Å². The van der Waals surface area contributed by atoms with Gasteiger partial charge in [0.1, 0.15) is 17.6 Å². The predicted molar refractivity (Wildman–Crippen MR) is 68.8 cm³/mol. The molecule has 2 N–H and O–H groups in total. The van der Waals surface area contributed by atoms with E-state index >= 15 is 0 Å². The van der Waals surface area contributed by atoms with E-state index in [-0.39, 0.29) is 12.3 Å². The summed E-state index contributed by atoms with van der Waals surface area (Å²) in [6.07, 6.45) is 1.91. The zero-order chi connectivity index (χ0) is 14.0. The number of furan rings is 1. The third-order valence-electron chi connectivity index (χ3n) is 3.50. The van der Waals surface area contributed by atoms with Crippen LogP contribution < -0.4 is 5.32 Å². The smallest absolute Gasteiger partial charge is 0.325 e. The molecule has 104 valence electrons. The molecular formula is C14H19NO4. The van der Waals surface area contributed by atoms with E-state index in [9.17, 15) is 9.59 Å². The van der Waals surface area contributed by atoms with Crippen molar-refractivity contribution in [2.75, 3.05) is 0 Å². The fraction of sp³-hybridized carbons (Fsp3) is 0.571. The maximum absolute atomic E-state index is 11.5. The highest BCUT2D eigenvalue weighted by molar-refractivity contribution is 5.83. The average Bonchev–Trinajstić information content (AvgIpc) is 2.90. The third-order valence-corrected chi connectivity index (χ3v) is 3.50. The molecule has 1 aliphatic rings. The summed E-state index contributed by atoms with van der Waals surface area (Å²) >= 11 is 0. The van der Waals surface area contributed by atoms with Gasteiger partial charge in [-0.2, -0.15) is 0 Å². The Balaban J connectivity index is 1.77. The largest absolute Gasteiger partial charge is 0.480 e. The predicted octanol–water partition coefficient (Wildman–Crippen LogP) is 1.92. The number of carboxylic acids is 1. The van der Waals surface area contributed by atoms with Gasteiger partial charge in [0.15, 0.2) is 0 Å². The lowest BCUT2D eigenvalue weighted by Crippen LogP contribution is -2.38. The number of nitrogens with one attached hydrogen (secondary N) is 1. The fourth-order valence-electron chi connectivity index (χ4n) is 2.06. The minimum Gasteiger partial charge on any atom is -0.480 e. The van der Waals surface area contributed by atoms with Crippen molar-refractivity contribution in [2.24, 2.45) is 5.92 Å². The standard InChI is InChI=1S/C14H19NO4/c1-8-7-11(8)12-5-3-10(19-12)4-6-13(16)15-9(2)14(17)18/h3,5,8-9,11H,4,6-7H2,1-2H3,(H,15,16)(H,17,18)/t8?,9-,11?/m0/s1. The van der Waals surface area contributed by atoms with Gasteiger partial charge in [-0.1, -0.05) is 6.92 Å². The first-order valence-electron chi connectivity index (χ1n) is 6.58. The van der Waals surface area contributed by atoms with Crippen molar-refractivity contribution in [2.45, 2.75) is 45.1 Å². The maximum atomic E-state index is 11.5. The number of aryl methyl sites for hydroxylation is 1. The monoisotopic (exact) mass is 265 g/mol. The number of carboxylic acid groups (broad SMARTS) is 1. The maximum Gasteiger partial charge on any atom is 0.325 e. The number of aliphatic carboxylic acids is 1. The van der Waals surface area contributed by atoms with Gasteiger partial charge in [-0.05, 0) is 31.4 Å². The Labute approximate surface area is 112 Å². The highest BCUT2D eigenvalue weighted by atomic mass is 16.4. The Morgan fingerprint density at radius 2 is 2.21 bits per heavy atom. The second-order valence-electron chi connectivity index (χ2n) is 5.25. The van der Waals surface area contributed by atoms with Gasteiger partial charge < -0.3 is 14.8 Å². The normalized spacial score (nSPS) is 22.8. The van der Waals surface area contributed by atoms with Gasteiger partial charge in [-0.15, -0.1) is 0 Å². The lowest BCUT2D eigenvalue weighted by molar-refractivity contribution is -0.141. The molecule has 1 fully saturated rings. The second-order valence-corrected chi connectivity index (χ2v) is 5.25. The van der Waals surface area contributed by atoms with Crippen LogP contribution in [-0.4, -0.2) is 23.0 Å². The molecule has 1 aliphatic carbocycles. The van der Waals surface area contributed by atoms with E-state index in [1.165, 1.54) is 13.3 Å². The SMILES string of the molecule is CC1CC1c1ccc(CCC(=O)N[C@@H](C)C(=O)O)o1. The van der Waals surface area contributed by atoms with Crippen LogP contribution in [0.15, 0.2) is 16.5 Å². The van der Waals surface area contributed by atoms with Crippen molar-refractivity contribution < 1.29 is 19.1 Å². The van der Waals surface area contributed by atoms with Gasteiger partial charge in [0.25, 0.3) is 0 Å². The van der Waals surface area contributed by atoms with E-state index in [4.69, 9.17) is 9.52 Å². The summed E-state index contributed by atoms with van der Waals surface area (Å²) in [7, 11) is 0. The van der Waals surface area contributed by atoms with Gasteiger partial charge in [0, 0.05) is 18.8 Å². The minimum absolute atomic E-state index is 0.241. The van der Waals surface area contributed by atoms with Crippen molar-refractivity contribution in [3.8, 4) is 0 Å². The quantitative estimate of drug-likeness (QED) is 0.823. The van der Waals surface area contributed by atoms with Gasteiger partial charge in [-0.3, -0.25) is 9.59 Å². The molecule has 0 radical (unpaired) electrons. The Morgan fingerprint density at radius 3 is 2.79 bits per heavy atom. The molecule has 1 saturated carbocycles. The zero-order valence-electron chi connectivity index (χ0n) is 11.2. The number of amides is 1. The molecule has 2 rings (SSSR count). The van der Waals surface area contributed by atoms with Crippen LogP contribution in [0.3, 0.4) is 0 Å². The van der Waals surface area contributed by atoms with Gasteiger partial charge in [0.05, 0.1) is 0 Å². The molecule has 0 aromatic carbocycles. The van der Waals surface area contributed by atoms with E-state index in [1.807, 2.05) is 12.1 Å². The molecule has 0 spiro atoms. The molecular weight excluding hydrogens is 246 g/mol. The fourth-order valence-corrected chi connectivity index (χ4v) is 2.06. The molecule has 2 unspecified atom stereocenters. The van der Waals surface area contributed by atoms with Gasteiger partial charge >= 0.3 is 5.97 Å². The van der Waals surface area contributed by atoms with Gasteiger partial charge in [-0.25, -0.2) is 0 Å². The summed E-state index contributed by atoms with van der Waals surface area (Å²) in [4.78, 5) is 22.1. The first kappa shape index (κ1) is 13.6. The number of hydrogen-bond acceptors (Lipinski definition) is 3. The molecule has 1 heterocycles.